The SMILES string of the molecule is O=[N+]([O-])c1cc(F)cc(F)c1NCc1ccccc1. The summed E-state index contributed by atoms with van der Waals surface area (Å²) < 4.78 is 26.5. The highest BCUT2D eigenvalue weighted by molar-refractivity contribution is 5.62. The van der Waals surface area contributed by atoms with E-state index in [1.54, 1.807) is 24.3 Å². The molecule has 0 amide bonds. The summed E-state index contributed by atoms with van der Waals surface area (Å²) in [6.45, 7) is 0.213. The molecule has 0 heterocycles. The lowest BCUT2D eigenvalue weighted by Crippen LogP contribution is -2.05. The van der Waals surface area contributed by atoms with Gasteiger partial charge < -0.3 is 5.32 Å². The second-order valence-electron chi connectivity index (χ2n) is 3.88. The quantitative estimate of drug-likeness (QED) is 0.679. The van der Waals surface area contributed by atoms with Gasteiger partial charge in [-0.25, -0.2) is 8.78 Å². The molecular weight excluding hydrogens is 254 g/mol. The number of benzene rings is 2. The van der Waals surface area contributed by atoms with Gasteiger partial charge in [-0.1, -0.05) is 30.3 Å². The van der Waals surface area contributed by atoms with Crippen molar-refractivity contribution in [1.82, 2.24) is 0 Å². The second-order valence-corrected chi connectivity index (χ2v) is 3.88. The molecule has 0 unspecified atom stereocenters. The first-order valence-electron chi connectivity index (χ1n) is 5.49. The standard InChI is InChI=1S/C13H10F2N2O2/c14-10-6-11(15)13(12(7-10)17(18)19)16-8-9-4-2-1-3-5-9/h1-7,16H,8H2. The van der Waals surface area contributed by atoms with Crippen LogP contribution in [0.15, 0.2) is 42.5 Å². The summed E-state index contributed by atoms with van der Waals surface area (Å²) in [5.74, 6) is -1.96. The first kappa shape index (κ1) is 12.9. The molecule has 2 aromatic rings. The topological polar surface area (TPSA) is 55.2 Å². The fraction of sp³-hybridized carbons (Fsp3) is 0.0769. The third-order valence-electron chi connectivity index (χ3n) is 2.54. The van der Waals surface area contributed by atoms with Crippen LogP contribution in [0.2, 0.25) is 0 Å². The summed E-state index contributed by atoms with van der Waals surface area (Å²) in [6, 6.07) is 10.3. The molecule has 0 saturated heterocycles. The predicted molar refractivity (Wildman–Crippen MR) is 66.8 cm³/mol. The van der Waals surface area contributed by atoms with Crippen molar-refractivity contribution in [3.63, 3.8) is 0 Å². The number of hydrogen-bond acceptors (Lipinski definition) is 3. The number of hydrogen-bond donors (Lipinski definition) is 1. The average molecular weight is 264 g/mol. The number of nitrogens with zero attached hydrogens (tertiary/aromatic N) is 1. The molecule has 0 spiro atoms. The van der Waals surface area contributed by atoms with Crippen LogP contribution in [0.1, 0.15) is 5.56 Å². The minimum atomic E-state index is -0.984. The van der Waals surface area contributed by atoms with Crippen molar-refractivity contribution in [3.05, 3.63) is 69.8 Å². The predicted octanol–water partition coefficient (Wildman–Crippen LogP) is 3.49. The highest BCUT2D eigenvalue weighted by Crippen LogP contribution is 2.29. The number of anilines is 1. The Bertz CT molecular complexity index is 603. The summed E-state index contributed by atoms with van der Waals surface area (Å²) in [7, 11) is 0. The summed E-state index contributed by atoms with van der Waals surface area (Å²) in [5, 5.41) is 13.4. The number of rotatable bonds is 4. The van der Waals surface area contributed by atoms with Crippen LogP contribution in [0.5, 0.6) is 0 Å². The van der Waals surface area contributed by atoms with E-state index in [1.807, 2.05) is 6.07 Å². The lowest BCUT2D eigenvalue weighted by Gasteiger charge is -2.08. The molecule has 4 nitrogen and oxygen atoms in total. The summed E-state index contributed by atoms with van der Waals surface area (Å²) in [6.07, 6.45) is 0. The van der Waals surface area contributed by atoms with E-state index in [0.29, 0.717) is 12.1 Å². The van der Waals surface area contributed by atoms with E-state index in [1.165, 1.54) is 0 Å². The van der Waals surface area contributed by atoms with E-state index in [9.17, 15) is 18.9 Å². The molecule has 0 radical (unpaired) electrons. The van der Waals surface area contributed by atoms with Crippen molar-refractivity contribution >= 4 is 11.4 Å². The molecule has 0 atom stereocenters. The monoisotopic (exact) mass is 264 g/mol. The highest BCUT2D eigenvalue weighted by Gasteiger charge is 2.20. The first-order chi connectivity index (χ1) is 9.08. The Balaban J connectivity index is 2.27. The van der Waals surface area contributed by atoms with E-state index in [4.69, 9.17) is 0 Å². The first-order valence-corrected chi connectivity index (χ1v) is 5.49. The Hall–Kier alpha value is -2.50. The van der Waals surface area contributed by atoms with Gasteiger partial charge in [0.15, 0.2) is 5.82 Å². The van der Waals surface area contributed by atoms with Gasteiger partial charge >= 0.3 is 0 Å². The van der Waals surface area contributed by atoms with Crippen LogP contribution >= 0.6 is 0 Å². The Morgan fingerprint density at radius 1 is 1.16 bits per heavy atom. The van der Waals surface area contributed by atoms with Crippen molar-refractivity contribution in [2.24, 2.45) is 0 Å². The number of nitro groups is 1. The highest BCUT2D eigenvalue weighted by atomic mass is 19.1. The summed E-state index contributed by atoms with van der Waals surface area (Å²) in [5.41, 5.74) is -0.0933. The molecule has 2 rings (SSSR count). The maximum absolute atomic E-state index is 13.6. The summed E-state index contributed by atoms with van der Waals surface area (Å²) >= 11 is 0. The van der Waals surface area contributed by atoms with Gasteiger partial charge in [0, 0.05) is 12.6 Å². The van der Waals surface area contributed by atoms with E-state index >= 15 is 0 Å². The fourth-order valence-electron chi connectivity index (χ4n) is 1.67. The molecule has 0 aromatic heterocycles. The van der Waals surface area contributed by atoms with Gasteiger partial charge in [-0.2, -0.15) is 0 Å². The van der Waals surface area contributed by atoms with E-state index in [-0.39, 0.29) is 12.2 Å². The zero-order valence-corrected chi connectivity index (χ0v) is 9.77. The molecule has 0 aliphatic heterocycles. The number of nitrogens with one attached hydrogen (secondary N) is 1. The van der Waals surface area contributed by atoms with E-state index in [0.717, 1.165) is 5.56 Å². The summed E-state index contributed by atoms with van der Waals surface area (Å²) in [4.78, 5) is 9.95. The van der Waals surface area contributed by atoms with Crippen molar-refractivity contribution in [3.8, 4) is 0 Å². The lowest BCUT2D eigenvalue weighted by molar-refractivity contribution is -0.384. The van der Waals surface area contributed by atoms with Crippen LogP contribution in [-0.4, -0.2) is 4.92 Å². The second kappa shape index (κ2) is 5.43. The number of halogens is 2. The average Bonchev–Trinajstić information content (AvgIpc) is 2.38. The van der Waals surface area contributed by atoms with Gasteiger partial charge in [-0.3, -0.25) is 10.1 Å². The van der Waals surface area contributed by atoms with Crippen molar-refractivity contribution in [2.45, 2.75) is 6.54 Å². The molecule has 1 N–H and O–H groups in total. The molecule has 0 bridgehead atoms. The minimum absolute atomic E-state index is 0.213. The maximum atomic E-state index is 13.6. The van der Waals surface area contributed by atoms with Gasteiger partial charge in [0.1, 0.15) is 11.5 Å². The van der Waals surface area contributed by atoms with Gasteiger partial charge in [-0.05, 0) is 5.56 Å². The van der Waals surface area contributed by atoms with Gasteiger partial charge in [0.2, 0.25) is 0 Å². The fourth-order valence-corrected chi connectivity index (χ4v) is 1.67. The molecular formula is C13H10F2N2O2. The number of nitro benzene ring substituents is 1. The molecule has 0 saturated carbocycles. The lowest BCUT2D eigenvalue weighted by atomic mass is 10.2. The van der Waals surface area contributed by atoms with Crippen LogP contribution in [0, 0.1) is 21.7 Å². The van der Waals surface area contributed by atoms with E-state index in [2.05, 4.69) is 5.32 Å². The van der Waals surface area contributed by atoms with Crippen LogP contribution in [0.4, 0.5) is 20.2 Å². The maximum Gasteiger partial charge on any atom is 0.298 e. The van der Waals surface area contributed by atoms with E-state index < -0.39 is 22.2 Å². The zero-order chi connectivity index (χ0) is 13.8. The Kier molecular flexibility index (Phi) is 3.70. The van der Waals surface area contributed by atoms with Crippen LogP contribution in [-0.2, 0) is 6.54 Å². The molecule has 0 aliphatic rings. The zero-order valence-electron chi connectivity index (χ0n) is 9.77. The third-order valence-corrected chi connectivity index (χ3v) is 2.54. The van der Waals surface area contributed by atoms with Crippen LogP contribution in [0.25, 0.3) is 0 Å². The van der Waals surface area contributed by atoms with Crippen molar-refractivity contribution in [2.75, 3.05) is 5.32 Å². The smallest absolute Gasteiger partial charge is 0.298 e. The molecule has 2 aromatic carbocycles. The molecule has 0 aliphatic carbocycles. The molecule has 6 heteroatoms. The largest absolute Gasteiger partial charge is 0.373 e. The Morgan fingerprint density at radius 2 is 1.84 bits per heavy atom. The normalized spacial score (nSPS) is 10.2. The van der Waals surface area contributed by atoms with Gasteiger partial charge in [0.25, 0.3) is 5.69 Å². The minimum Gasteiger partial charge on any atom is -0.373 e. The third kappa shape index (κ3) is 3.04. The van der Waals surface area contributed by atoms with Gasteiger partial charge in [-0.15, -0.1) is 0 Å². The van der Waals surface area contributed by atoms with Crippen molar-refractivity contribution < 1.29 is 13.7 Å². The van der Waals surface area contributed by atoms with Gasteiger partial charge in [0.05, 0.1) is 11.0 Å². The van der Waals surface area contributed by atoms with Crippen molar-refractivity contribution in [1.29, 1.82) is 0 Å². The molecule has 0 fully saturated rings. The molecule has 98 valence electrons. The van der Waals surface area contributed by atoms with Crippen LogP contribution in [0.3, 0.4) is 0 Å². The Labute approximate surface area is 107 Å². The molecule has 19 heavy (non-hydrogen) atoms. The van der Waals surface area contributed by atoms with Crippen LogP contribution < -0.4 is 5.32 Å². The Morgan fingerprint density at radius 3 is 2.47 bits per heavy atom.